The number of benzene rings is 1. The zero-order chi connectivity index (χ0) is 17.4. The Morgan fingerprint density at radius 3 is 3.00 bits per heavy atom. The van der Waals surface area contributed by atoms with Gasteiger partial charge < -0.3 is 9.84 Å². The second kappa shape index (κ2) is 6.30. The van der Waals surface area contributed by atoms with Gasteiger partial charge in [0.1, 0.15) is 0 Å². The molecule has 0 spiro atoms. The van der Waals surface area contributed by atoms with Crippen LogP contribution in [0.4, 0.5) is 0 Å². The van der Waals surface area contributed by atoms with E-state index in [4.69, 9.17) is 4.52 Å². The van der Waals surface area contributed by atoms with Gasteiger partial charge in [-0.15, -0.1) is 0 Å². The number of fused-ring (bicyclic) bond motifs is 1. The van der Waals surface area contributed by atoms with Crippen molar-refractivity contribution in [3.63, 3.8) is 0 Å². The zero-order valence-corrected chi connectivity index (χ0v) is 13.9. The fourth-order valence-corrected chi connectivity index (χ4v) is 3.18. The highest BCUT2D eigenvalue weighted by atomic mass is 16.5. The van der Waals surface area contributed by atoms with Crippen molar-refractivity contribution in [2.75, 3.05) is 19.6 Å². The minimum Gasteiger partial charge on any atom is -0.354 e. The SMILES string of the molecule is CC1CNCCN1Cc1ccc2onc(-n3ccc(=O)[nH]c3=O)c2c1. The van der Waals surface area contributed by atoms with Crippen LogP contribution in [-0.4, -0.2) is 45.3 Å². The Hall–Kier alpha value is -2.71. The predicted octanol–water partition coefficient (Wildman–Crippen LogP) is 0.461. The topological polar surface area (TPSA) is 96.2 Å². The number of H-pyrrole nitrogens is 1. The lowest BCUT2D eigenvalue weighted by molar-refractivity contribution is 0.165. The molecule has 2 aromatic heterocycles. The minimum absolute atomic E-state index is 0.381. The van der Waals surface area contributed by atoms with Crippen LogP contribution in [0.5, 0.6) is 0 Å². The van der Waals surface area contributed by atoms with Gasteiger partial charge in [0.15, 0.2) is 11.4 Å². The summed E-state index contributed by atoms with van der Waals surface area (Å²) in [4.78, 5) is 27.9. The molecule has 1 aliphatic rings. The monoisotopic (exact) mass is 341 g/mol. The van der Waals surface area contributed by atoms with Crippen LogP contribution < -0.4 is 16.6 Å². The van der Waals surface area contributed by atoms with E-state index in [-0.39, 0.29) is 0 Å². The number of nitrogens with one attached hydrogen (secondary N) is 2. The van der Waals surface area contributed by atoms with Gasteiger partial charge in [-0.3, -0.25) is 14.7 Å². The molecule has 8 heteroatoms. The second-order valence-corrected chi connectivity index (χ2v) is 6.34. The maximum absolute atomic E-state index is 12.0. The lowest BCUT2D eigenvalue weighted by Crippen LogP contribution is -2.49. The molecular weight excluding hydrogens is 322 g/mol. The summed E-state index contributed by atoms with van der Waals surface area (Å²) in [5.41, 5.74) is 0.750. The molecule has 1 aromatic carbocycles. The summed E-state index contributed by atoms with van der Waals surface area (Å²) in [5, 5.41) is 8.13. The van der Waals surface area contributed by atoms with Gasteiger partial charge in [-0.1, -0.05) is 11.2 Å². The smallest absolute Gasteiger partial charge is 0.334 e. The molecule has 3 heterocycles. The lowest BCUT2D eigenvalue weighted by Gasteiger charge is -2.33. The minimum atomic E-state index is -0.538. The largest absolute Gasteiger partial charge is 0.354 e. The van der Waals surface area contributed by atoms with Crippen LogP contribution in [0, 0.1) is 0 Å². The number of hydrogen-bond acceptors (Lipinski definition) is 6. The van der Waals surface area contributed by atoms with Crippen LogP contribution in [0.2, 0.25) is 0 Å². The van der Waals surface area contributed by atoms with E-state index in [0.29, 0.717) is 17.4 Å². The molecule has 0 saturated carbocycles. The highest BCUT2D eigenvalue weighted by Gasteiger charge is 2.19. The van der Waals surface area contributed by atoms with Gasteiger partial charge in [-0.25, -0.2) is 9.36 Å². The molecule has 0 radical (unpaired) electrons. The number of rotatable bonds is 3. The van der Waals surface area contributed by atoms with Crippen molar-refractivity contribution in [3.8, 4) is 5.82 Å². The van der Waals surface area contributed by atoms with Gasteiger partial charge in [0.25, 0.3) is 5.56 Å². The molecule has 1 saturated heterocycles. The van der Waals surface area contributed by atoms with E-state index in [2.05, 4.69) is 27.3 Å². The lowest BCUT2D eigenvalue weighted by atomic mass is 10.1. The van der Waals surface area contributed by atoms with E-state index in [9.17, 15) is 9.59 Å². The number of aromatic nitrogens is 3. The van der Waals surface area contributed by atoms with Crippen molar-refractivity contribution >= 4 is 11.0 Å². The molecule has 4 rings (SSSR count). The fraction of sp³-hybridized carbons (Fsp3) is 0.353. The van der Waals surface area contributed by atoms with Gasteiger partial charge >= 0.3 is 5.69 Å². The Bertz CT molecular complexity index is 1020. The van der Waals surface area contributed by atoms with Crippen LogP contribution in [0.25, 0.3) is 16.8 Å². The fourth-order valence-electron chi connectivity index (χ4n) is 3.18. The molecule has 0 amide bonds. The van der Waals surface area contributed by atoms with Crippen molar-refractivity contribution < 1.29 is 4.52 Å². The number of nitrogens with zero attached hydrogens (tertiary/aromatic N) is 3. The Kier molecular flexibility index (Phi) is 3.98. The molecule has 3 aromatic rings. The Balaban J connectivity index is 1.72. The molecule has 2 N–H and O–H groups in total. The normalized spacial score (nSPS) is 18.7. The first-order chi connectivity index (χ1) is 12.1. The van der Waals surface area contributed by atoms with Crippen LogP contribution >= 0.6 is 0 Å². The number of hydrogen-bond donors (Lipinski definition) is 2. The van der Waals surface area contributed by atoms with E-state index >= 15 is 0 Å². The van der Waals surface area contributed by atoms with Crippen molar-refractivity contribution in [2.45, 2.75) is 19.5 Å². The molecule has 25 heavy (non-hydrogen) atoms. The third-order valence-electron chi connectivity index (χ3n) is 4.59. The second-order valence-electron chi connectivity index (χ2n) is 6.34. The standard InChI is InChI=1S/C17H19N5O3/c1-11-9-18-5-7-21(11)10-12-2-3-14-13(8-12)16(20-25-14)22-6-4-15(23)19-17(22)24/h2-4,6,8,11,18H,5,7,9-10H2,1H3,(H,19,23,24). The first-order valence-corrected chi connectivity index (χ1v) is 8.27. The molecular formula is C17H19N5O3. The molecule has 8 nitrogen and oxygen atoms in total. The maximum Gasteiger partial charge on any atom is 0.334 e. The summed E-state index contributed by atoms with van der Waals surface area (Å²) in [6.45, 7) is 5.99. The van der Waals surface area contributed by atoms with Crippen LogP contribution in [0.3, 0.4) is 0 Å². The van der Waals surface area contributed by atoms with E-state index < -0.39 is 11.2 Å². The first-order valence-electron chi connectivity index (χ1n) is 8.27. The summed E-state index contributed by atoms with van der Waals surface area (Å²) in [6.07, 6.45) is 1.41. The molecule has 0 bridgehead atoms. The summed E-state index contributed by atoms with van der Waals surface area (Å²) < 4.78 is 6.61. The van der Waals surface area contributed by atoms with Gasteiger partial charge in [-0.05, 0) is 24.6 Å². The maximum atomic E-state index is 12.0. The zero-order valence-electron chi connectivity index (χ0n) is 13.9. The summed E-state index contributed by atoms with van der Waals surface area (Å²) >= 11 is 0. The van der Waals surface area contributed by atoms with Crippen molar-refractivity contribution in [1.29, 1.82) is 0 Å². The van der Waals surface area contributed by atoms with Gasteiger partial charge in [0, 0.05) is 44.5 Å². The molecule has 130 valence electrons. The van der Waals surface area contributed by atoms with Crippen LogP contribution in [-0.2, 0) is 6.54 Å². The van der Waals surface area contributed by atoms with E-state index in [1.807, 2.05) is 18.2 Å². The first kappa shape index (κ1) is 15.8. The Morgan fingerprint density at radius 2 is 2.20 bits per heavy atom. The third-order valence-corrected chi connectivity index (χ3v) is 4.59. The third kappa shape index (κ3) is 3.01. The van der Waals surface area contributed by atoms with Gasteiger partial charge in [0.2, 0.25) is 0 Å². The van der Waals surface area contributed by atoms with Crippen molar-refractivity contribution in [3.05, 3.63) is 56.9 Å². The highest BCUT2D eigenvalue weighted by molar-refractivity contribution is 5.84. The summed E-state index contributed by atoms with van der Waals surface area (Å²) in [5.74, 6) is 0.381. The average molecular weight is 341 g/mol. The van der Waals surface area contributed by atoms with Crippen molar-refractivity contribution in [1.82, 2.24) is 24.9 Å². The summed E-state index contributed by atoms with van der Waals surface area (Å²) in [7, 11) is 0. The van der Waals surface area contributed by atoms with Gasteiger partial charge in [-0.2, -0.15) is 0 Å². The van der Waals surface area contributed by atoms with Crippen molar-refractivity contribution in [2.24, 2.45) is 0 Å². The molecule has 1 fully saturated rings. The van der Waals surface area contributed by atoms with Crippen LogP contribution in [0.15, 0.2) is 44.6 Å². The molecule has 1 atom stereocenters. The van der Waals surface area contributed by atoms with E-state index in [1.165, 1.54) is 16.8 Å². The highest BCUT2D eigenvalue weighted by Crippen LogP contribution is 2.23. The number of aromatic amines is 1. The molecule has 0 aliphatic carbocycles. The predicted molar refractivity (Wildman–Crippen MR) is 93.0 cm³/mol. The quantitative estimate of drug-likeness (QED) is 0.718. The molecule has 1 aliphatic heterocycles. The van der Waals surface area contributed by atoms with E-state index in [1.54, 1.807) is 0 Å². The van der Waals surface area contributed by atoms with E-state index in [0.717, 1.165) is 37.1 Å². The molecule has 1 unspecified atom stereocenters. The van der Waals surface area contributed by atoms with Gasteiger partial charge in [0.05, 0.1) is 5.39 Å². The number of piperazine rings is 1. The Morgan fingerprint density at radius 1 is 1.32 bits per heavy atom. The summed E-state index contributed by atoms with van der Waals surface area (Å²) in [6, 6.07) is 7.63. The van der Waals surface area contributed by atoms with Crippen LogP contribution in [0.1, 0.15) is 12.5 Å². The average Bonchev–Trinajstić information content (AvgIpc) is 3.00. The Labute approximate surface area is 143 Å².